The lowest BCUT2D eigenvalue weighted by Gasteiger charge is -2.16. The Morgan fingerprint density at radius 2 is 1.92 bits per heavy atom. The Kier molecular flexibility index (Phi) is 3.92. The Bertz CT molecular complexity index is 784. The number of halogens is 2. The van der Waals surface area contributed by atoms with E-state index in [1.54, 1.807) is 0 Å². The molecule has 24 heavy (non-hydrogen) atoms. The molecule has 126 valence electrons. The van der Waals surface area contributed by atoms with Crippen LogP contribution in [0.3, 0.4) is 0 Å². The van der Waals surface area contributed by atoms with Gasteiger partial charge in [-0.1, -0.05) is 25.1 Å². The number of hydrogen-bond donors (Lipinski definition) is 0. The number of benzene rings is 2. The minimum absolute atomic E-state index is 0.0394. The van der Waals surface area contributed by atoms with Gasteiger partial charge in [-0.3, -0.25) is 0 Å². The van der Waals surface area contributed by atoms with E-state index < -0.39 is 0 Å². The molecule has 0 heterocycles. The predicted octanol–water partition coefficient (Wildman–Crippen LogP) is 5.11. The van der Waals surface area contributed by atoms with Gasteiger partial charge in [0.05, 0.1) is 6.10 Å². The van der Waals surface area contributed by atoms with Crippen LogP contribution >= 0.6 is 0 Å². The van der Waals surface area contributed by atoms with E-state index in [4.69, 9.17) is 4.74 Å². The van der Waals surface area contributed by atoms with Gasteiger partial charge in [0.1, 0.15) is 11.6 Å². The smallest absolute Gasteiger partial charge is 0.127 e. The van der Waals surface area contributed by atoms with Crippen LogP contribution in [-0.2, 0) is 17.6 Å². The average molecular weight is 328 g/mol. The largest absolute Gasteiger partial charge is 0.378 e. The Balaban J connectivity index is 1.70. The summed E-state index contributed by atoms with van der Waals surface area (Å²) in [5.74, 6) is -0.212. The van der Waals surface area contributed by atoms with Crippen LogP contribution in [0.4, 0.5) is 8.78 Å². The molecule has 0 aromatic heterocycles. The van der Waals surface area contributed by atoms with Gasteiger partial charge < -0.3 is 4.74 Å². The highest BCUT2D eigenvalue weighted by Gasteiger charge is 2.33. The molecule has 0 radical (unpaired) electrons. The number of rotatable bonds is 3. The first-order chi connectivity index (χ1) is 11.6. The SMILES string of the molecule is CCO[C@H]1Cc2cc([C@H]3CCc4c(F)ccc(F)c43)ccc2[C@H]1C. The maximum atomic E-state index is 14.3. The molecule has 0 amide bonds. The topological polar surface area (TPSA) is 9.23 Å². The van der Waals surface area contributed by atoms with Gasteiger partial charge in [-0.05, 0) is 60.6 Å². The van der Waals surface area contributed by atoms with E-state index in [9.17, 15) is 8.78 Å². The first-order valence-electron chi connectivity index (χ1n) is 8.81. The Labute approximate surface area is 141 Å². The first-order valence-corrected chi connectivity index (χ1v) is 8.81. The fourth-order valence-corrected chi connectivity index (χ4v) is 4.48. The van der Waals surface area contributed by atoms with E-state index in [2.05, 4.69) is 25.1 Å². The van der Waals surface area contributed by atoms with E-state index in [1.807, 2.05) is 6.92 Å². The summed E-state index contributed by atoms with van der Waals surface area (Å²) in [6, 6.07) is 8.94. The molecule has 0 saturated heterocycles. The van der Waals surface area contributed by atoms with Crippen molar-refractivity contribution in [3.8, 4) is 0 Å². The lowest BCUT2D eigenvalue weighted by molar-refractivity contribution is 0.0555. The van der Waals surface area contributed by atoms with Crippen LogP contribution in [0.25, 0.3) is 0 Å². The van der Waals surface area contributed by atoms with E-state index in [0.717, 1.165) is 25.0 Å². The summed E-state index contributed by atoms with van der Waals surface area (Å²) in [6.45, 7) is 4.94. The van der Waals surface area contributed by atoms with Crippen molar-refractivity contribution in [2.24, 2.45) is 0 Å². The van der Waals surface area contributed by atoms with Crippen molar-refractivity contribution in [1.29, 1.82) is 0 Å². The van der Waals surface area contributed by atoms with Gasteiger partial charge >= 0.3 is 0 Å². The minimum atomic E-state index is -0.282. The van der Waals surface area contributed by atoms with Gasteiger partial charge in [-0.15, -0.1) is 0 Å². The molecule has 0 aliphatic heterocycles. The third-order valence-electron chi connectivity index (χ3n) is 5.70. The molecule has 0 N–H and O–H groups in total. The molecule has 0 bridgehead atoms. The van der Waals surface area contributed by atoms with Gasteiger partial charge in [0.15, 0.2) is 0 Å². The highest BCUT2D eigenvalue weighted by molar-refractivity contribution is 5.47. The van der Waals surface area contributed by atoms with Crippen molar-refractivity contribution >= 4 is 0 Å². The zero-order valence-corrected chi connectivity index (χ0v) is 14.1. The Hall–Kier alpha value is -1.74. The second kappa shape index (κ2) is 5.96. The highest BCUT2D eigenvalue weighted by atomic mass is 19.1. The third kappa shape index (κ3) is 2.37. The van der Waals surface area contributed by atoms with E-state index >= 15 is 0 Å². The molecule has 0 spiro atoms. The van der Waals surface area contributed by atoms with Gasteiger partial charge in [0.25, 0.3) is 0 Å². The van der Waals surface area contributed by atoms with Crippen molar-refractivity contribution < 1.29 is 13.5 Å². The van der Waals surface area contributed by atoms with Crippen molar-refractivity contribution in [3.63, 3.8) is 0 Å². The molecule has 0 unspecified atom stereocenters. The maximum Gasteiger partial charge on any atom is 0.127 e. The summed E-state index contributed by atoms with van der Waals surface area (Å²) in [4.78, 5) is 0. The number of fused-ring (bicyclic) bond motifs is 2. The molecule has 1 nitrogen and oxygen atoms in total. The number of ether oxygens (including phenoxy) is 1. The normalized spacial score (nSPS) is 24.9. The number of hydrogen-bond acceptors (Lipinski definition) is 1. The predicted molar refractivity (Wildman–Crippen MR) is 90.5 cm³/mol. The van der Waals surface area contributed by atoms with Gasteiger partial charge in [0, 0.05) is 24.0 Å². The van der Waals surface area contributed by atoms with Crippen LogP contribution in [0.1, 0.15) is 59.9 Å². The molecule has 2 aromatic rings. The molecule has 3 heteroatoms. The van der Waals surface area contributed by atoms with Crippen LogP contribution in [0.15, 0.2) is 30.3 Å². The Morgan fingerprint density at radius 1 is 1.12 bits per heavy atom. The summed E-state index contributed by atoms with van der Waals surface area (Å²) < 4.78 is 34.1. The second-order valence-corrected chi connectivity index (χ2v) is 6.96. The van der Waals surface area contributed by atoms with Gasteiger partial charge in [0.2, 0.25) is 0 Å². The van der Waals surface area contributed by atoms with Crippen LogP contribution in [0.5, 0.6) is 0 Å². The van der Waals surface area contributed by atoms with E-state index in [1.165, 1.54) is 23.3 Å². The van der Waals surface area contributed by atoms with Crippen molar-refractivity contribution in [3.05, 3.63) is 69.8 Å². The monoisotopic (exact) mass is 328 g/mol. The minimum Gasteiger partial charge on any atom is -0.378 e. The summed E-state index contributed by atoms with van der Waals surface area (Å²) in [5, 5.41) is 0. The lowest BCUT2D eigenvalue weighted by Crippen LogP contribution is -2.16. The lowest BCUT2D eigenvalue weighted by atomic mass is 9.90. The van der Waals surface area contributed by atoms with Crippen molar-refractivity contribution in [1.82, 2.24) is 0 Å². The standard InChI is InChI=1S/C21H22F2O/c1-3-24-20-11-14-10-13(4-5-15(14)12(20)2)16-6-7-17-18(22)8-9-19(23)21(16)17/h4-5,8-10,12,16,20H,3,6-7,11H2,1-2H3/t12-,16-,20+/m1/s1. The summed E-state index contributed by atoms with van der Waals surface area (Å²) in [7, 11) is 0. The van der Waals surface area contributed by atoms with E-state index in [-0.39, 0.29) is 23.7 Å². The highest BCUT2D eigenvalue weighted by Crippen LogP contribution is 2.43. The summed E-state index contributed by atoms with van der Waals surface area (Å²) in [6.07, 6.45) is 2.52. The molecule has 4 rings (SSSR count). The van der Waals surface area contributed by atoms with Crippen LogP contribution < -0.4 is 0 Å². The zero-order chi connectivity index (χ0) is 16.8. The van der Waals surface area contributed by atoms with Gasteiger partial charge in [-0.25, -0.2) is 8.78 Å². The van der Waals surface area contributed by atoms with Gasteiger partial charge in [-0.2, -0.15) is 0 Å². The quantitative estimate of drug-likeness (QED) is 0.761. The fourth-order valence-electron chi connectivity index (χ4n) is 4.48. The molecule has 3 atom stereocenters. The molecule has 2 aliphatic carbocycles. The average Bonchev–Trinajstić information content (AvgIpc) is 3.15. The summed E-state index contributed by atoms with van der Waals surface area (Å²) in [5.41, 5.74) is 4.84. The molecule has 0 fully saturated rings. The molecular formula is C21H22F2O. The molecular weight excluding hydrogens is 306 g/mol. The van der Waals surface area contributed by atoms with Crippen LogP contribution in [0, 0.1) is 11.6 Å². The fraction of sp³-hybridized carbons (Fsp3) is 0.429. The molecule has 2 aromatic carbocycles. The maximum absolute atomic E-state index is 14.3. The second-order valence-electron chi connectivity index (χ2n) is 6.96. The van der Waals surface area contributed by atoms with Crippen LogP contribution in [0.2, 0.25) is 0 Å². The molecule has 0 saturated carbocycles. The van der Waals surface area contributed by atoms with Crippen molar-refractivity contribution in [2.45, 2.75) is 51.0 Å². The third-order valence-corrected chi connectivity index (χ3v) is 5.70. The van der Waals surface area contributed by atoms with E-state index in [0.29, 0.717) is 23.5 Å². The Morgan fingerprint density at radius 3 is 2.71 bits per heavy atom. The first kappa shape index (κ1) is 15.8. The zero-order valence-electron chi connectivity index (χ0n) is 14.1. The van der Waals surface area contributed by atoms with Crippen molar-refractivity contribution in [2.75, 3.05) is 6.61 Å². The van der Waals surface area contributed by atoms with Crippen LogP contribution in [-0.4, -0.2) is 12.7 Å². The summed E-state index contributed by atoms with van der Waals surface area (Å²) >= 11 is 0. The molecule has 2 aliphatic rings.